The van der Waals surface area contributed by atoms with Gasteiger partial charge in [-0.25, -0.2) is 4.68 Å². The van der Waals surface area contributed by atoms with Gasteiger partial charge in [-0.1, -0.05) is 30.3 Å². The number of nitrogens with one attached hydrogen (secondary N) is 2. The summed E-state index contributed by atoms with van der Waals surface area (Å²) >= 11 is 0. The SMILES string of the molecule is COc1cccc(-c2nn(-c3ccccc3)cc2C(=O)NC2CCNC(C)C2)c1. The molecule has 0 spiro atoms. The van der Waals surface area contributed by atoms with E-state index in [1.54, 1.807) is 11.8 Å². The van der Waals surface area contributed by atoms with Crippen LogP contribution >= 0.6 is 0 Å². The molecule has 1 amide bonds. The lowest BCUT2D eigenvalue weighted by Crippen LogP contribution is -2.46. The van der Waals surface area contributed by atoms with Gasteiger partial charge in [-0.15, -0.1) is 0 Å². The van der Waals surface area contributed by atoms with Crippen LogP contribution in [-0.4, -0.2) is 41.4 Å². The molecule has 6 nitrogen and oxygen atoms in total. The van der Waals surface area contributed by atoms with Gasteiger partial charge < -0.3 is 15.4 Å². The van der Waals surface area contributed by atoms with E-state index in [1.165, 1.54) is 0 Å². The number of carbonyl (C=O) groups is 1. The van der Waals surface area contributed by atoms with Gasteiger partial charge in [0.1, 0.15) is 11.4 Å². The second-order valence-corrected chi connectivity index (χ2v) is 7.45. The summed E-state index contributed by atoms with van der Waals surface area (Å²) in [6.07, 6.45) is 3.66. The normalized spacial score (nSPS) is 19.0. The van der Waals surface area contributed by atoms with Crippen LogP contribution in [0.2, 0.25) is 0 Å². The standard InChI is InChI=1S/C23H26N4O2/c1-16-13-18(11-12-24-16)25-23(28)21-15-27(19-8-4-3-5-9-19)26-22(21)17-7-6-10-20(14-17)29-2/h3-10,14-16,18,24H,11-13H2,1-2H3,(H,25,28). The van der Waals surface area contributed by atoms with Crippen molar-refractivity contribution < 1.29 is 9.53 Å². The van der Waals surface area contributed by atoms with Crippen LogP contribution in [0.5, 0.6) is 5.75 Å². The first-order valence-electron chi connectivity index (χ1n) is 9.98. The zero-order valence-corrected chi connectivity index (χ0v) is 16.8. The minimum absolute atomic E-state index is 0.0934. The van der Waals surface area contributed by atoms with Gasteiger partial charge in [0.15, 0.2) is 0 Å². The van der Waals surface area contributed by atoms with Crippen molar-refractivity contribution in [2.75, 3.05) is 13.7 Å². The fourth-order valence-electron chi connectivity index (χ4n) is 3.76. The molecule has 1 fully saturated rings. The average molecular weight is 390 g/mol. The van der Waals surface area contributed by atoms with Gasteiger partial charge >= 0.3 is 0 Å². The van der Waals surface area contributed by atoms with E-state index in [2.05, 4.69) is 17.6 Å². The maximum absolute atomic E-state index is 13.2. The second kappa shape index (κ2) is 8.49. The van der Waals surface area contributed by atoms with E-state index in [-0.39, 0.29) is 11.9 Å². The van der Waals surface area contributed by atoms with E-state index < -0.39 is 0 Å². The fraction of sp³-hybridized carbons (Fsp3) is 0.304. The van der Waals surface area contributed by atoms with Crippen molar-refractivity contribution in [3.8, 4) is 22.7 Å². The summed E-state index contributed by atoms with van der Waals surface area (Å²) in [6, 6.07) is 18.0. The van der Waals surface area contributed by atoms with Crippen molar-refractivity contribution in [1.82, 2.24) is 20.4 Å². The number of ether oxygens (including phenoxy) is 1. The van der Waals surface area contributed by atoms with Crippen LogP contribution in [0.25, 0.3) is 16.9 Å². The largest absolute Gasteiger partial charge is 0.497 e. The Kier molecular flexibility index (Phi) is 5.62. The Bertz CT molecular complexity index is 984. The van der Waals surface area contributed by atoms with Crippen molar-refractivity contribution >= 4 is 5.91 Å². The van der Waals surface area contributed by atoms with Crippen molar-refractivity contribution in [3.63, 3.8) is 0 Å². The number of rotatable bonds is 5. The number of hydrogen-bond acceptors (Lipinski definition) is 4. The third-order valence-electron chi connectivity index (χ3n) is 5.28. The Balaban J connectivity index is 1.70. The number of amides is 1. The highest BCUT2D eigenvalue weighted by atomic mass is 16.5. The molecule has 2 aromatic carbocycles. The van der Waals surface area contributed by atoms with Crippen LogP contribution in [0.15, 0.2) is 60.8 Å². The Hall–Kier alpha value is -3.12. The molecule has 150 valence electrons. The van der Waals surface area contributed by atoms with Crippen LogP contribution < -0.4 is 15.4 Å². The van der Waals surface area contributed by atoms with Crippen molar-refractivity contribution in [1.29, 1.82) is 0 Å². The molecule has 2 atom stereocenters. The van der Waals surface area contributed by atoms with E-state index in [1.807, 2.05) is 60.8 Å². The molecule has 2 N–H and O–H groups in total. The summed E-state index contributed by atoms with van der Waals surface area (Å²) in [5, 5.41) is 11.4. The third-order valence-corrected chi connectivity index (χ3v) is 5.28. The van der Waals surface area contributed by atoms with Crippen LogP contribution in [0.4, 0.5) is 0 Å². The predicted octanol–water partition coefficient (Wildman–Crippen LogP) is 3.42. The summed E-state index contributed by atoms with van der Waals surface area (Å²) in [5.41, 5.74) is 2.97. The first kappa shape index (κ1) is 19.2. The van der Waals surface area contributed by atoms with E-state index in [0.717, 1.165) is 36.4 Å². The van der Waals surface area contributed by atoms with E-state index >= 15 is 0 Å². The zero-order chi connectivity index (χ0) is 20.2. The lowest BCUT2D eigenvalue weighted by molar-refractivity contribution is 0.0926. The molecule has 1 saturated heterocycles. The molecular formula is C23H26N4O2. The van der Waals surface area contributed by atoms with Crippen molar-refractivity contribution in [2.45, 2.75) is 31.8 Å². The molecule has 2 unspecified atom stereocenters. The lowest BCUT2D eigenvalue weighted by Gasteiger charge is -2.28. The minimum Gasteiger partial charge on any atom is -0.497 e. The molecule has 4 rings (SSSR count). The molecule has 0 radical (unpaired) electrons. The van der Waals surface area contributed by atoms with Crippen LogP contribution in [0.3, 0.4) is 0 Å². The quantitative estimate of drug-likeness (QED) is 0.701. The number of hydrogen-bond donors (Lipinski definition) is 2. The molecule has 0 bridgehead atoms. The van der Waals surface area contributed by atoms with Crippen LogP contribution in [0, 0.1) is 0 Å². The molecule has 6 heteroatoms. The summed E-state index contributed by atoms with van der Waals surface area (Å²) in [7, 11) is 1.63. The van der Waals surface area contributed by atoms with Gasteiger partial charge in [-0.05, 0) is 50.6 Å². The number of piperidine rings is 1. The Morgan fingerprint density at radius 2 is 2.03 bits per heavy atom. The predicted molar refractivity (Wildman–Crippen MR) is 114 cm³/mol. The maximum Gasteiger partial charge on any atom is 0.255 e. The zero-order valence-electron chi connectivity index (χ0n) is 16.8. The highest BCUT2D eigenvalue weighted by Crippen LogP contribution is 2.27. The maximum atomic E-state index is 13.2. The molecule has 0 aliphatic carbocycles. The van der Waals surface area contributed by atoms with E-state index in [4.69, 9.17) is 9.84 Å². The number of carbonyl (C=O) groups excluding carboxylic acids is 1. The van der Waals surface area contributed by atoms with Crippen LogP contribution in [-0.2, 0) is 0 Å². The number of methoxy groups -OCH3 is 1. The molecular weight excluding hydrogens is 364 g/mol. The highest BCUT2D eigenvalue weighted by Gasteiger charge is 2.24. The second-order valence-electron chi connectivity index (χ2n) is 7.45. The van der Waals surface area contributed by atoms with Gasteiger partial charge in [-0.2, -0.15) is 5.10 Å². The third kappa shape index (κ3) is 4.32. The Labute approximate surface area is 170 Å². The number of benzene rings is 2. The Morgan fingerprint density at radius 3 is 2.79 bits per heavy atom. The van der Waals surface area contributed by atoms with Gasteiger partial charge in [0.05, 0.1) is 18.4 Å². The van der Waals surface area contributed by atoms with Crippen LogP contribution in [0.1, 0.15) is 30.1 Å². The van der Waals surface area contributed by atoms with Gasteiger partial charge in [0.2, 0.25) is 0 Å². The van der Waals surface area contributed by atoms with E-state index in [0.29, 0.717) is 17.3 Å². The van der Waals surface area contributed by atoms with Gasteiger partial charge in [0.25, 0.3) is 5.91 Å². The first-order valence-corrected chi connectivity index (χ1v) is 9.98. The van der Waals surface area contributed by atoms with Crippen molar-refractivity contribution in [3.05, 3.63) is 66.4 Å². The minimum atomic E-state index is -0.0934. The average Bonchev–Trinajstić information content (AvgIpc) is 3.20. The summed E-state index contributed by atoms with van der Waals surface area (Å²) in [6.45, 7) is 3.06. The molecule has 0 saturated carbocycles. The molecule has 3 aromatic rings. The number of aromatic nitrogens is 2. The summed E-state index contributed by atoms with van der Waals surface area (Å²) in [5.74, 6) is 0.638. The van der Waals surface area contributed by atoms with Gasteiger partial charge in [0, 0.05) is 23.8 Å². The number of nitrogens with zero attached hydrogens (tertiary/aromatic N) is 2. The lowest BCUT2D eigenvalue weighted by atomic mass is 10.00. The topological polar surface area (TPSA) is 68.2 Å². The monoisotopic (exact) mass is 390 g/mol. The molecule has 2 heterocycles. The molecule has 29 heavy (non-hydrogen) atoms. The summed E-state index contributed by atoms with van der Waals surface area (Å²) in [4.78, 5) is 13.2. The fourth-order valence-corrected chi connectivity index (χ4v) is 3.76. The van der Waals surface area contributed by atoms with E-state index in [9.17, 15) is 4.79 Å². The van der Waals surface area contributed by atoms with Crippen molar-refractivity contribution in [2.24, 2.45) is 0 Å². The van der Waals surface area contributed by atoms with Gasteiger partial charge in [-0.3, -0.25) is 4.79 Å². The number of para-hydroxylation sites is 1. The molecule has 1 aliphatic heterocycles. The highest BCUT2D eigenvalue weighted by molar-refractivity contribution is 6.00. The Morgan fingerprint density at radius 1 is 1.21 bits per heavy atom. The first-order chi connectivity index (χ1) is 14.1. The molecule has 1 aromatic heterocycles. The summed E-state index contributed by atoms with van der Waals surface area (Å²) < 4.78 is 7.12. The smallest absolute Gasteiger partial charge is 0.255 e. The molecule has 1 aliphatic rings.